The molecular formula is C15H10F4O. The first-order chi connectivity index (χ1) is 9.54. The molecule has 2 aromatic rings. The molecule has 0 N–H and O–H groups in total. The lowest BCUT2D eigenvalue weighted by Crippen LogP contribution is -1.99. The Kier molecular flexibility index (Phi) is 4.08. The fourth-order valence-corrected chi connectivity index (χ4v) is 1.76. The summed E-state index contributed by atoms with van der Waals surface area (Å²) in [5.74, 6) is -4.37. The van der Waals surface area contributed by atoms with Crippen molar-refractivity contribution in [1.29, 1.82) is 0 Å². The minimum absolute atomic E-state index is 0.0618. The Bertz CT molecular complexity index is 609. The van der Waals surface area contributed by atoms with E-state index in [0.29, 0.717) is 0 Å². The number of hydrogen-bond acceptors (Lipinski definition) is 1. The van der Waals surface area contributed by atoms with Crippen LogP contribution < -0.4 is 4.74 Å². The standard InChI is InChI=1S/C15H10F4O/c1-2-6-20-9-7-12(18)15(13(19)8-9)14-10(16)4-3-5-11(14)17/h2-5,7-8H,1,6H2. The van der Waals surface area contributed by atoms with E-state index in [1.807, 2.05) is 0 Å². The van der Waals surface area contributed by atoms with Gasteiger partial charge in [0, 0.05) is 12.1 Å². The summed E-state index contributed by atoms with van der Waals surface area (Å²) >= 11 is 0. The van der Waals surface area contributed by atoms with E-state index in [4.69, 9.17) is 4.74 Å². The van der Waals surface area contributed by atoms with E-state index < -0.39 is 34.4 Å². The van der Waals surface area contributed by atoms with Crippen molar-refractivity contribution in [1.82, 2.24) is 0 Å². The normalized spacial score (nSPS) is 10.4. The molecule has 0 unspecified atom stereocenters. The first kappa shape index (κ1) is 14.1. The number of ether oxygens (including phenoxy) is 1. The number of rotatable bonds is 4. The van der Waals surface area contributed by atoms with Crippen molar-refractivity contribution in [2.45, 2.75) is 0 Å². The van der Waals surface area contributed by atoms with Gasteiger partial charge in [-0.05, 0) is 12.1 Å². The molecule has 0 saturated heterocycles. The van der Waals surface area contributed by atoms with E-state index in [1.54, 1.807) is 0 Å². The van der Waals surface area contributed by atoms with Crippen LogP contribution in [0.5, 0.6) is 5.75 Å². The summed E-state index contributed by atoms with van der Waals surface area (Å²) in [7, 11) is 0. The third-order valence-electron chi connectivity index (χ3n) is 2.60. The highest BCUT2D eigenvalue weighted by molar-refractivity contribution is 5.67. The molecule has 0 saturated carbocycles. The average Bonchev–Trinajstić information content (AvgIpc) is 2.39. The second kappa shape index (κ2) is 5.77. The van der Waals surface area contributed by atoms with Crippen molar-refractivity contribution in [2.75, 3.05) is 6.61 Å². The Balaban J connectivity index is 2.55. The molecule has 0 heterocycles. The maximum atomic E-state index is 13.9. The largest absolute Gasteiger partial charge is 0.489 e. The molecular weight excluding hydrogens is 272 g/mol. The van der Waals surface area contributed by atoms with Gasteiger partial charge in [0.05, 0.1) is 11.1 Å². The fourth-order valence-electron chi connectivity index (χ4n) is 1.76. The quantitative estimate of drug-likeness (QED) is 0.593. The molecule has 0 radical (unpaired) electrons. The van der Waals surface area contributed by atoms with Crippen molar-refractivity contribution in [3.63, 3.8) is 0 Å². The van der Waals surface area contributed by atoms with Crippen LogP contribution in [0.4, 0.5) is 17.6 Å². The summed E-state index contributed by atoms with van der Waals surface area (Å²) in [6.45, 7) is 3.46. The van der Waals surface area contributed by atoms with Crippen LogP contribution in [0.3, 0.4) is 0 Å². The highest BCUT2D eigenvalue weighted by atomic mass is 19.1. The predicted octanol–water partition coefficient (Wildman–Crippen LogP) is 4.47. The van der Waals surface area contributed by atoms with E-state index >= 15 is 0 Å². The molecule has 0 atom stereocenters. The molecule has 0 fully saturated rings. The molecule has 2 rings (SSSR count). The highest BCUT2D eigenvalue weighted by Gasteiger charge is 2.20. The van der Waals surface area contributed by atoms with Crippen LogP contribution in [0.1, 0.15) is 0 Å². The zero-order chi connectivity index (χ0) is 14.7. The fraction of sp³-hybridized carbons (Fsp3) is 0.0667. The van der Waals surface area contributed by atoms with Crippen molar-refractivity contribution >= 4 is 0 Å². The summed E-state index contributed by atoms with van der Waals surface area (Å²) in [6, 6.07) is 4.71. The molecule has 1 nitrogen and oxygen atoms in total. The molecule has 0 aliphatic rings. The van der Waals surface area contributed by atoms with Crippen molar-refractivity contribution < 1.29 is 22.3 Å². The molecule has 0 spiro atoms. The molecule has 20 heavy (non-hydrogen) atoms. The van der Waals surface area contributed by atoms with Gasteiger partial charge in [-0.2, -0.15) is 0 Å². The van der Waals surface area contributed by atoms with Gasteiger partial charge in [-0.25, -0.2) is 17.6 Å². The molecule has 104 valence electrons. The summed E-state index contributed by atoms with van der Waals surface area (Å²) in [5.41, 5.74) is -1.50. The van der Waals surface area contributed by atoms with E-state index in [9.17, 15) is 17.6 Å². The first-order valence-electron chi connectivity index (χ1n) is 5.71. The number of hydrogen-bond donors (Lipinski definition) is 0. The van der Waals surface area contributed by atoms with Gasteiger partial charge in [0.2, 0.25) is 0 Å². The third-order valence-corrected chi connectivity index (χ3v) is 2.60. The van der Waals surface area contributed by atoms with Crippen LogP contribution in [0, 0.1) is 23.3 Å². The SMILES string of the molecule is C=CCOc1cc(F)c(-c2c(F)cccc2F)c(F)c1. The van der Waals surface area contributed by atoms with Crippen LogP contribution >= 0.6 is 0 Å². The lowest BCUT2D eigenvalue weighted by Gasteiger charge is -2.10. The third kappa shape index (κ3) is 2.66. The smallest absolute Gasteiger partial charge is 0.137 e. The molecule has 2 aromatic carbocycles. The molecule has 0 amide bonds. The summed E-state index contributed by atoms with van der Waals surface area (Å²) in [6.07, 6.45) is 1.40. The molecule has 0 aliphatic heterocycles. The van der Waals surface area contributed by atoms with E-state index in [1.165, 1.54) is 6.08 Å². The monoisotopic (exact) mass is 282 g/mol. The summed E-state index contributed by atoms with van der Waals surface area (Å²) in [4.78, 5) is 0. The lowest BCUT2D eigenvalue weighted by molar-refractivity contribution is 0.358. The highest BCUT2D eigenvalue weighted by Crippen LogP contribution is 2.33. The number of benzene rings is 2. The van der Waals surface area contributed by atoms with Crippen LogP contribution in [-0.4, -0.2) is 6.61 Å². The second-order valence-electron chi connectivity index (χ2n) is 3.96. The topological polar surface area (TPSA) is 9.23 Å². The van der Waals surface area contributed by atoms with E-state index in [-0.39, 0.29) is 12.4 Å². The van der Waals surface area contributed by atoms with Gasteiger partial charge < -0.3 is 4.74 Å². The van der Waals surface area contributed by atoms with Crippen LogP contribution in [-0.2, 0) is 0 Å². The number of halogens is 4. The second-order valence-corrected chi connectivity index (χ2v) is 3.96. The Hall–Kier alpha value is -2.30. The average molecular weight is 282 g/mol. The summed E-state index contributed by atoms with van der Waals surface area (Å²) < 4.78 is 60.0. The van der Waals surface area contributed by atoms with Crippen LogP contribution in [0.15, 0.2) is 43.0 Å². The van der Waals surface area contributed by atoms with E-state index in [0.717, 1.165) is 30.3 Å². The summed E-state index contributed by atoms with van der Waals surface area (Å²) in [5, 5.41) is 0. The van der Waals surface area contributed by atoms with Gasteiger partial charge in [0.15, 0.2) is 0 Å². The first-order valence-corrected chi connectivity index (χ1v) is 5.71. The molecule has 0 aliphatic carbocycles. The van der Waals surface area contributed by atoms with Crippen LogP contribution in [0.2, 0.25) is 0 Å². The van der Waals surface area contributed by atoms with Crippen molar-refractivity contribution in [3.05, 3.63) is 66.3 Å². The van der Waals surface area contributed by atoms with Gasteiger partial charge in [0.25, 0.3) is 0 Å². The minimum atomic E-state index is -1.10. The Morgan fingerprint density at radius 3 is 1.90 bits per heavy atom. The maximum Gasteiger partial charge on any atom is 0.137 e. The van der Waals surface area contributed by atoms with Gasteiger partial charge >= 0.3 is 0 Å². The van der Waals surface area contributed by atoms with E-state index in [2.05, 4.69) is 6.58 Å². The Morgan fingerprint density at radius 2 is 1.40 bits per heavy atom. The predicted molar refractivity (Wildman–Crippen MR) is 67.4 cm³/mol. The van der Waals surface area contributed by atoms with Gasteiger partial charge in [-0.1, -0.05) is 18.7 Å². The molecule has 0 aromatic heterocycles. The zero-order valence-corrected chi connectivity index (χ0v) is 10.3. The van der Waals surface area contributed by atoms with Gasteiger partial charge in [-0.3, -0.25) is 0 Å². The van der Waals surface area contributed by atoms with Gasteiger partial charge in [-0.15, -0.1) is 0 Å². The minimum Gasteiger partial charge on any atom is -0.489 e. The molecule has 5 heteroatoms. The zero-order valence-electron chi connectivity index (χ0n) is 10.3. The Labute approximate surface area is 113 Å². The van der Waals surface area contributed by atoms with Crippen molar-refractivity contribution in [3.8, 4) is 16.9 Å². The molecule has 0 bridgehead atoms. The van der Waals surface area contributed by atoms with Gasteiger partial charge in [0.1, 0.15) is 35.6 Å². The van der Waals surface area contributed by atoms with Crippen LogP contribution in [0.25, 0.3) is 11.1 Å². The maximum absolute atomic E-state index is 13.9. The Morgan fingerprint density at radius 1 is 0.900 bits per heavy atom. The lowest BCUT2D eigenvalue weighted by atomic mass is 10.0. The van der Waals surface area contributed by atoms with Crippen molar-refractivity contribution in [2.24, 2.45) is 0 Å².